The molecule has 76 valence electrons. The summed E-state index contributed by atoms with van der Waals surface area (Å²) >= 11 is 0. The van der Waals surface area contributed by atoms with E-state index in [1.54, 1.807) is 7.05 Å². The van der Waals surface area contributed by atoms with Crippen molar-refractivity contribution in [3.8, 4) is 0 Å². The second kappa shape index (κ2) is 4.62. The molecule has 1 aromatic rings. The minimum absolute atomic E-state index is 0.553. The van der Waals surface area contributed by atoms with Crippen molar-refractivity contribution in [3.63, 3.8) is 0 Å². The fraction of sp³-hybridized carbons (Fsp3) is 0.300. The van der Waals surface area contributed by atoms with Gasteiger partial charge < -0.3 is 5.32 Å². The zero-order valence-electron chi connectivity index (χ0n) is 8.76. The van der Waals surface area contributed by atoms with Gasteiger partial charge in [-0.25, -0.2) is 5.84 Å². The minimum Gasteiger partial charge on any atom is -0.325 e. The second-order valence-electron chi connectivity index (χ2n) is 3.16. The first-order chi connectivity index (χ1) is 6.67. The van der Waals surface area contributed by atoms with Gasteiger partial charge in [0.15, 0.2) is 0 Å². The fourth-order valence-corrected chi connectivity index (χ4v) is 1.24. The number of nitrogens with one attached hydrogen (secondary N) is 2. The van der Waals surface area contributed by atoms with Gasteiger partial charge in [0.2, 0.25) is 5.96 Å². The molecule has 0 fully saturated rings. The Kier molecular flexibility index (Phi) is 3.48. The highest BCUT2D eigenvalue weighted by molar-refractivity contribution is 5.93. The van der Waals surface area contributed by atoms with Crippen LogP contribution in [0.15, 0.2) is 23.2 Å². The highest BCUT2D eigenvalue weighted by Gasteiger charge is 2.00. The lowest BCUT2D eigenvalue weighted by Crippen LogP contribution is -2.36. The predicted molar refractivity (Wildman–Crippen MR) is 60.2 cm³/mol. The van der Waals surface area contributed by atoms with Crippen molar-refractivity contribution < 1.29 is 0 Å². The van der Waals surface area contributed by atoms with Gasteiger partial charge in [-0.05, 0) is 25.5 Å². The standard InChI is InChI=1S/C10H16N4/c1-7-4-5-9(8(2)6-7)13-10(12-3)14-11/h4-6H,11H2,1-3H3,(H2,12,13,14). The van der Waals surface area contributed by atoms with Gasteiger partial charge in [0, 0.05) is 12.7 Å². The van der Waals surface area contributed by atoms with Gasteiger partial charge in [-0.15, -0.1) is 0 Å². The van der Waals surface area contributed by atoms with Crippen LogP contribution in [0.3, 0.4) is 0 Å². The molecule has 0 atom stereocenters. The fourth-order valence-electron chi connectivity index (χ4n) is 1.24. The molecular weight excluding hydrogens is 176 g/mol. The van der Waals surface area contributed by atoms with E-state index in [1.807, 2.05) is 19.1 Å². The monoisotopic (exact) mass is 192 g/mol. The highest BCUT2D eigenvalue weighted by atomic mass is 15.3. The van der Waals surface area contributed by atoms with Crippen LogP contribution in [0, 0.1) is 13.8 Å². The average Bonchev–Trinajstić information content (AvgIpc) is 2.17. The van der Waals surface area contributed by atoms with Gasteiger partial charge in [-0.2, -0.15) is 0 Å². The first-order valence-electron chi connectivity index (χ1n) is 4.45. The Morgan fingerprint density at radius 1 is 1.36 bits per heavy atom. The van der Waals surface area contributed by atoms with Crippen LogP contribution in [0.2, 0.25) is 0 Å². The summed E-state index contributed by atoms with van der Waals surface area (Å²) < 4.78 is 0. The van der Waals surface area contributed by atoms with Crippen LogP contribution >= 0.6 is 0 Å². The SMILES string of the molecule is CN=C(NN)Nc1ccc(C)cc1C. The highest BCUT2D eigenvalue weighted by Crippen LogP contribution is 2.15. The maximum absolute atomic E-state index is 5.27. The summed E-state index contributed by atoms with van der Waals surface area (Å²) in [6.45, 7) is 4.10. The van der Waals surface area contributed by atoms with Gasteiger partial charge in [0.25, 0.3) is 0 Å². The molecule has 0 saturated carbocycles. The van der Waals surface area contributed by atoms with Crippen molar-refractivity contribution in [2.45, 2.75) is 13.8 Å². The van der Waals surface area contributed by atoms with E-state index in [2.05, 4.69) is 28.7 Å². The molecule has 0 bridgehead atoms. The number of hydrogen-bond acceptors (Lipinski definition) is 2. The Hall–Kier alpha value is -1.55. The Morgan fingerprint density at radius 3 is 2.57 bits per heavy atom. The van der Waals surface area contributed by atoms with E-state index >= 15 is 0 Å². The predicted octanol–water partition coefficient (Wildman–Crippen LogP) is 1.16. The molecule has 0 aromatic heterocycles. The molecule has 4 heteroatoms. The van der Waals surface area contributed by atoms with E-state index in [4.69, 9.17) is 5.84 Å². The van der Waals surface area contributed by atoms with Crippen LogP contribution in [0.4, 0.5) is 5.69 Å². The maximum atomic E-state index is 5.27. The van der Waals surface area contributed by atoms with E-state index in [1.165, 1.54) is 11.1 Å². The first-order valence-corrected chi connectivity index (χ1v) is 4.45. The first kappa shape index (κ1) is 10.5. The number of benzene rings is 1. The second-order valence-corrected chi connectivity index (χ2v) is 3.16. The molecule has 0 unspecified atom stereocenters. The number of anilines is 1. The third-order valence-electron chi connectivity index (χ3n) is 2.00. The normalized spacial score (nSPS) is 11.3. The lowest BCUT2D eigenvalue weighted by molar-refractivity contribution is 1.01. The molecule has 1 rings (SSSR count). The number of hydrazine groups is 1. The molecule has 4 nitrogen and oxygen atoms in total. The molecule has 0 heterocycles. The largest absolute Gasteiger partial charge is 0.325 e. The van der Waals surface area contributed by atoms with Crippen molar-refractivity contribution >= 4 is 11.6 Å². The molecule has 0 spiro atoms. The lowest BCUT2D eigenvalue weighted by Gasteiger charge is -2.11. The molecule has 0 aliphatic rings. The average molecular weight is 192 g/mol. The Balaban J connectivity index is 2.87. The van der Waals surface area contributed by atoms with E-state index in [-0.39, 0.29) is 0 Å². The summed E-state index contributed by atoms with van der Waals surface area (Å²) in [5.41, 5.74) is 5.90. The van der Waals surface area contributed by atoms with Crippen LogP contribution in [-0.2, 0) is 0 Å². The minimum atomic E-state index is 0.553. The Morgan fingerprint density at radius 2 is 2.07 bits per heavy atom. The Labute approximate surface area is 84.2 Å². The van der Waals surface area contributed by atoms with E-state index in [0.717, 1.165) is 5.69 Å². The molecule has 0 aliphatic carbocycles. The quantitative estimate of drug-likeness (QED) is 0.271. The van der Waals surface area contributed by atoms with Crippen molar-refractivity contribution in [2.24, 2.45) is 10.8 Å². The summed E-state index contributed by atoms with van der Waals surface area (Å²) in [4.78, 5) is 3.93. The van der Waals surface area contributed by atoms with Gasteiger partial charge in [-0.3, -0.25) is 10.4 Å². The number of nitrogens with zero attached hydrogens (tertiary/aromatic N) is 1. The number of rotatable bonds is 1. The van der Waals surface area contributed by atoms with Crippen molar-refractivity contribution in [1.82, 2.24) is 5.43 Å². The van der Waals surface area contributed by atoms with Crippen LogP contribution in [-0.4, -0.2) is 13.0 Å². The van der Waals surface area contributed by atoms with Crippen LogP contribution in [0.5, 0.6) is 0 Å². The van der Waals surface area contributed by atoms with Crippen molar-refractivity contribution in [3.05, 3.63) is 29.3 Å². The summed E-state index contributed by atoms with van der Waals surface area (Å²) in [7, 11) is 1.67. The van der Waals surface area contributed by atoms with Gasteiger partial charge in [0.05, 0.1) is 0 Å². The summed E-state index contributed by atoms with van der Waals surface area (Å²) in [6.07, 6.45) is 0. The molecule has 14 heavy (non-hydrogen) atoms. The van der Waals surface area contributed by atoms with Gasteiger partial charge in [-0.1, -0.05) is 17.7 Å². The molecule has 1 aromatic carbocycles. The van der Waals surface area contributed by atoms with E-state index in [0.29, 0.717) is 5.96 Å². The third-order valence-corrected chi connectivity index (χ3v) is 2.00. The summed E-state index contributed by atoms with van der Waals surface area (Å²) in [5.74, 6) is 5.82. The zero-order valence-corrected chi connectivity index (χ0v) is 8.76. The summed E-state index contributed by atoms with van der Waals surface area (Å²) in [6, 6.07) is 6.15. The van der Waals surface area contributed by atoms with E-state index < -0.39 is 0 Å². The summed E-state index contributed by atoms with van der Waals surface area (Å²) in [5, 5.41) is 3.09. The lowest BCUT2D eigenvalue weighted by atomic mass is 10.1. The topological polar surface area (TPSA) is 62.4 Å². The van der Waals surface area contributed by atoms with E-state index in [9.17, 15) is 0 Å². The maximum Gasteiger partial charge on any atom is 0.209 e. The molecular formula is C10H16N4. The van der Waals surface area contributed by atoms with Gasteiger partial charge in [0.1, 0.15) is 0 Å². The number of aliphatic imine (C=N–C) groups is 1. The molecule has 4 N–H and O–H groups in total. The number of aryl methyl sites for hydroxylation is 2. The third kappa shape index (κ3) is 2.47. The van der Waals surface area contributed by atoms with Gasteiger partial charge >= 0.3 is 0 Å². The molecule has 0 radical (unpaired) electrons. The Bertz CT molecular complexity index is 344. The zero-order chi connectivity index (χ0) is 10.6. The molecule has 0 aliphatic heterocycles. The molecule has 0 amide bonds. The van der Waals surface area contributed by atoms with Crippen LogP contribution in [0.1, 0.15) is 11.1 Å². The van der Waals surface area contributed by atoms with Crippen LogP contribution in [0.25, 0.3) is 0 Å². The number of hydrogen-bond donors (Lipinski definition) is 3. The van der Waals surface area contributed by atoms with Crippen molar-refractivity contribution in [1.29, 1.82) is 0 Å². The molecule has 0 saturated heterocycles. The van der Waals surface area contributed by atoms with Crippen LogP contribution < -0.4 is 16.6 Å². The number of guanidine groups is 1. The number of nitrogens with two attached hydrogens (primary N) is 1. The van der Waals surface area contributed by atoms with Crippen molar-refractivity contribution in [2.75, 3.05) is 12.4 Å². The smallest absolute Gasteiger partial charge is 0.209 e.